The predicted molar refractivity (Wildman–Crippen MR) is 91.1 cm³/mol. The summed E-state index contributed by atoms with van der Waals surface area (Å²) in [6.07, 6.45) is 4.30. The lowest BCUT2D eigenvalue weighted by Gasteiger charge is -2.21. The molecule has 0 aromatic carbocycles. The molecule has 0 aromatic rings. The molecule has 0 saturated heterocycles. The maximum absolute atomic E-state index is 12.1. The van der Waals surface area contributed by atoms with Gasteiger partial charge in [-0.25, -0.2) is 0 Å². The van der Waals surface area contributed by atoms with Crippen LogP contribution in [-0.4, -0.2) is 59.6 Å². The average molecular weight is 348 g/mol. The van der Waals surface area contributed by atoms with Crippen LogP contribution >= 0.6 is 11.8 Å². The number of carboxylic acids is 1. The fourth-order valence-electron chi connectivity index (χ4n) is 1.80. The van der Waals surface area contributed by atoms with Crippen LogP contribution in [0.3, 0.4) is 0 Å². The Hall–Kier alpha value is -1.32. The topological polar surface area (TPSA) is 148 Å². The summed E-state index contributed by atoms with van der Waals surface area (Å²) in [7, 11) is 0. The minimum Gasteiger partial charge on any atom is -0.480 e. The number of carbonyl (C=O) groups excluding carboxylic acids is 2. The molecule has 134 valence electrons. The van der Waals surface area contributed by atoms with E-state index in [1.807, 2.05) is 6.26 Å². The van der Waals surface area contributed by atoms with E-state index in [4.69, 9.17) is 16.6 Å². The number of carboxylic acid groups (broad SMARTS) is 1. The van der Waals surface area contributed by atoms with Crippen LogP contribution in [0.25, 0.3) is 0 Å². The molecule has 23 heavy (non-hydrogen) atoms. The average Bonchev–Trinajstić information content (AvgIpc) is 2.50. The van der Waals surface area contributed by atoms with Crippen molar-refractivity contribution in [2.24, 2.45) is 11.5 Å². The molecule has 0 fully saturated rings. The molecule has 9 heteroatoms. The van der Waals surface area contributed by atoms with Crippen LogP contribution in [0, 0.1) is 0 Å². The molecule has 0 saturated carbocycles. The van der Waals surface area contributed by atoms with Crippen molar-refractivity contribution < 1.29 is 19.5 Å². The van der Waals surface area contributed by atoms with E-state index in [1.54, 1.807) is 0 Å². The molecule has 2 amide bonds. The zero-order valence-corrected chi connectivity index (χ0v) is 14.5. The molecular weight excluding hydrogens is 320 g/mol. The SMILES string of the molecule is CSCC[C@H](NC(=O)[C@@H](N)CCCCN)C(=O)N[C@@H](C)C(=O)O. The van der Waals surface area contributed by atoms with E-state index in [1.165, 1.54) is 18.7 Å². The van der Waals surface area contributed by atoms with Crippen molar-refractivity contribution in [1.29, 1.82) is 0 Å². The van der Waals surface area contributed by atoms with Crippen molar-refractivity contribution in [2.45, 2.75) is 50.7 Å². The lowest BCUT2D eigenvalue weighted by atomic mass is 10.1. The number of unbranched alkanes of at least 4 members (excludes halogenated alkanes) is 1. The highest BCUT2D eigenvalue weighted by Gasteiger charge is 2.25. The van der Waals surface area contributed by atoms with Crippen LogP contribution in [0.5, 0.6) is 0 Å². The molecule has 8 nitrogen and oxygen atoms in total. The smallest absolute Gasteiger partial charge is 0.325 e. The molecule has 0 radical (unpaired) electrons. The molecule has 0 spiro atoms. The van der Waals surface area contributed by atoms with E-state index in [9.17, 15) is 14.4 Å². The Balaban J connectivity index is 4.60. The first kappa shape index (κ1) is 21.7. The van der Waals surface area contributed by atoms with Gasteiger partial charge in [0.1, 0.15) is 12.1 Å². The molecule has 0 heterocycles. The van der Waals surface area contributed by atoms with Crippen molar-refractivity contribution >= 4 is 29.5 Å². The molecule has 0 aromatic heterocycles. The van der Waals surface area contributed by atoms with E-state index < -0.39 is 35.9 Å². The molecule has 0 bridgehead atoms. The molecular formula is C14H28N4O4S. The molecule has 0 unspecified atom stereocenters. The normalized spacial score (nSPS) is 14.6. The minimum absolute atomic E-state index is 0.403. The van der Waals surface area contributed by atoms with Gasteiger partial charge in [0.05, 0.1) is 6.04 Å². The number of nitrogens with two attached hydrogens (primary N) is 2. The van der Waals surface area contributed by atoms with Crippen LogP contribution in [0.4, 0.5) is 0 Å². The van der Waals surface area contributed by atoms with Crippen LogP contribution in [0.15, 0.2) is 0 Å². The van der Waals surface area contributed by atoms with E-state index >= 15 is 0 Å². The lowest BCUT2D eigenvalue weighted by Crippen LogP contribution is -2.54. The van der Waals surface area contributed by atoms with Crippen LogP contribution in [0.1, 0.15) is 32.6 Å². The van der Waals surface area contributed by atoms with Gasteiger partial charge in [0.2, 0.25) is 11.8 Å². The van der Waals surface area contributed by atoms with Gasteiger partial charge in [-0.05, 0) is 44.7 Å². The van der Waals surface area contributed by atoms with Crippen molar-refractivity contribution in [3.05, 3.63) is 0 Å². The Morgan fingerprint density at radius 1 is 1.13 bits per heavy atom. The Bertz CT molecular complexity index is 395. The van der Waals surface area contributed by atoms with E-state index in [0.717, 1.165) is 12.8 Å². The molecule has 0 aliphatic carbocycles. The summed E-state index contributed by atoms with van der Waals surface area (Å²) in [6.45, 7) is 1.91. The fraction of sp³-hybridized carbons (Fsp3) is 0.786. The van der Waals surface area contributed by atoms with Gasteiger partial charge in [0.25, 0.3) is 0 Å². The first-order valence-electron chi connectivity index (χ1n) is 7.61. The van der Waals surface area contributed by atoms with Gasteiger partial charge in [-0.3, -0.25) is 14.4 Å². The third-order valence-electron chi connectivity index (χ3n) is 3.28. The Morgan fingerprint density at radius 3 is 2.30 bits per heavy atom. The number of hydrogen-bond donors (Lipinski definition) is 5. The second-order valence-corrected chi connectivity index (χ2v) is 6.29. The third kappa shape index (κ3) is 9.42. The van der Waals surface area contributed by atoms with Crippen molar-refractivity contribution in [1.82, 2.24) is 10.6 Å². The number of nitrogens with one attached hydrogen (secondary N) is 2. The maximum Gasteiger partial charge on any atom is 0.325 e. The molecule has 0 aliphatic heterocycles. The zero-order valence-electron chi connectivity index (χ0n) is 13.7. The number of thioether (sulfide) groups is 1. The number of amides is 2. The highest BCUT2D eigenvalue weighted by Crippen LogP contribution is 2.04. The van der Waals surface area contributed by atoms with Gasteiger partial charge in [-0.1, -0.05) is 6.42 Å². The number of carbonyl (C=O) groups is 3. The first-order valence-corrected chi connectivity index (χ1v) is 9.01. The quantitative estimate of drug-likeness (QED) is 0.292. The van der Waals surface area contributed by atoms with Gasteiger partial charge in [-0.15, -0.1) is 0 Å². The van der Waals surface area contributed by atoms with Crippen LogP contribution < -0.4 is 22.1 Å². The van der Waals surface area contributed by atoms with Gasteiger partial charge < -0.3 is 27.2 Å². The Kier molecular flexibility index (Phi) is 11.4. The van der Waals surface area contributed by atoms with Gasteiger partial charge in [0, 0.05) is 0 Å². The number of aliphatic carboxylic acids is 1. The van der Waals surface area contributed by atoms with E-state index in [2.05, 4.69) is 10.6 Å². The zero-order chi connectivity index (χ0) is 17.8. The van der Waals surface area contributed by atoms with Crippen molar-refractivity contribution in [3.8, 4) is 0 Å². The Labute approximate surface area is 141 Å². The second-order valence-electron chi connectivity index (χ2n) is 5.30. The van der Waals surface area contributed by atoms with Gasteiger partial charge in [-0.2, -0.15) is 11.8 Å². The van der Waals surface area contributed by atoms with Crippen LogP contribution in [0.2, 0.25) is 0 Å². The number of hydrogen-bond acceptors (Lipinski definition) is 6. The maximum atomic E-state index is 12.1. The van der Waals surface area contributed by atoms with E-state index in [0.29, 0.717) is 25.1 Å². The van der Waals surface area contributed by atoms with Crippen molar-refractivity contribution in [3.63, 3.8) is 0 Å². The fourth-order valence-corrected chi connectivity index (χ4v) is 2.27. The second kappa shape index (κ2) is 12.1. The van der Waals surface area contributed by atoms with Gasteiger partial charge >= 0.3 is 5.97 Å². The summed E-state index contributed by atoms with van der Waals surface area (Å²) < 4.78 is 0. The summed E-state index contributed by atoms with van der Waals surface area (Å²) in [5, 5.41) is 13.8. The predicted octanol–water partition coefficient (Wildman–Crippen LogP) is -0.730. The monoisotopic (exact) mass is 348 g/mol. The third-order valence-corrected chi connectivity index (χ3v) is 3.92. The highest BCUT2D eigenvalue weighted by molar-refractivity contribution is 7.98. The summed E-state index contributed by atoms with van der Waals surface area (Å²) in [5.74, 6) is -1.41. The summed E-state index contributed by atoms with van der Waals surface area (Å²) in [4.78, 5) is 35.0. The minimum atomic E-state index is -1.13. The molecule has 0 aliphatic rings. The standard InChI is InChI=1S/C14H28N4O4S/c1-9(14(21)22)17-13(20)11(6-8-23-2)18-12(19)10(16)5-3-4-7-15/h9-11H,3-8,15-16H2,1-2H3,(H,17,20)(H,18,19)(H,21,22)/t9-,10-,11-/m0/s1. The highest BCUT2D eigenvalue weighted by atomic mass is 32.2. The van der Waals surface area contributed by atoms with Gasteiger partial charge in [0.15, 0.2) is 0 Å². The molecule has 7 N–H and O–H groups in total. The molecule has 3 atom stereocenters. The first-order chi connectivity index (χ1) is 10.8. The lowest BCUT2D eigenvalue weighted by molar-refractivity contribution is -0.141. The van der Waals surface area contributed by atoms with Crippen LogP contribution in [-0.2, 0) is 14.4 Å². The van der Waals surface area contributed by atoms with Crippen molar-refractivity contribution in [2.75, 3.05) is 18.6 Å². The summed E-state index contributed by atoms with van der Waals surface area (Å²) in [6, 6.07) is -2.52. The number of rotatable bonds is 12. The summed E-state index contributed by atoms with van der Waals surface area (Å²) >= 11 is 1.53. The molecule has 0 rings (SSSR count). The largest absolute Gasteiger partial charge is 0.480 e. The summed E-state index contributed by atoms with van der Waals surface area (Å²) in [5.41, 5.74) is 11.2. The van der Waals surface area contributed by atoms with E-state index in [-0.39, 0.29) is 0 Å². The Morgan fingerprint density at radius 2 is 1.78 bits per heavy atom.